The number of halogens is 9. The Labute approximate surface area is 726 Å². The van der Waals surface area contributed by atoms with E-state index in [9.17, 15) is 61.2 Å². The number of rotatable bonds is 24. The summed E-state index contributed by atoms with van der Waals surface area (Å²) in [6, 6.07) is 10.2. The van der Waals surface area contributed by atoms with E-state index in [0.29, 0.717) is 195 Å². The second kappa shape index (κ2) is 31.9. The van der Waals surface area contributed by atoms with Gasteiger partial charge in [0.15, 0.2) is 34.9 Å². The monoisotopic (exact) mass is 1790 g/mol. The third-order valence-electron chi connectivity index (χ3n) is 28.0. The molecule has 0 radical (unpaired) electrons. The number of carbonyl (C=O) groups excluding carboxylic acids is 9. The molecule has 10 N–H and O–H groups in total. The average molecular weight is 1790 g/mol. The van der Waals surface area contributed by atoms with E-state index in [0.717, 1.165) is 71.3 Å². The summed E-state index contributed by atoms with van der Waals surface area (Å²) < 4.78 is 111. The number of carbonyl (C=O) groups is 9. The van der Waals surface area contributed by atoms with Crippen molar-refractivity contribution in [3.05, 3.63) is 227 Å². The molecule has 125 heavy (non-hydrogen) atoms. The van der Waals surface area contributed by atoms with Gasteiger partial charge in [-0.05, 0) is 259 Å². The molecule has 9 aliphatic carbocycles. The molecule has 3 aliphatic heterocycles. The van der Waals surface area contributed by atoms with Crippen LogP contribution in [-0.2, 0) is 42.3 Å². The van der Waals surface area contributed by atoms with Crippen molar-refractivity contribution in [3.8, 4) is 0 Å². The van der Waals surface area contributed by atoms with Crippen LogP contribution in [0.15, 0.2) is 127 Å². The summed E-state index contributed by atoms with van der Waals surface area (Å²) in [5.41, 5.74) is -0.213. The molecule has 12 fully saturated rings. The van der Waals surface area contributed by atoms with Gasteiger partial charge in [0.1, 0.15) is 52.0 Å². The Hall–Kier alpha value is -10.9. The third kappa shape index (κ3) is 15.4. The van der Waals surface area contributed by atoms with E-state index in [1.165, 1.54) is 18.2 Å². The second-order valence-electron chi connectivity index (χ2n) is 35.2. The van der Waals surface area contributed by atoms with Crippen LogP contribution in [0.1, 0.15) is 184 Å². The standard InChI is InChI=1S/C90H84Cl3F6N12O13P/c1-46-58(91)10-7-55-52(40-100-70(46)55)37-67-79(115)109(82(118)106-67)73(49-4-13-61(94)64(97)34-49)76(112)103-43-85-16-25-88(26-17-85,27-18-85)122-125(121,123-89-28-19-86(20-29-89,21-30-89)44-104-77(113)74(50-5-14-62(95)65(98)35-50)110-80(116)68(107-83(110)119)38-53-41-101-71-47(2)59(92)11-8-56(53)71)124-90-31-22-87(23-32-90,24-33-90)45-105-78(114)75(51-6-15-63(96)66(99)36-51)111-81(117)69(108-84(111)120)39-54-42-102-72-48(3)60(93)12-9-57(54)72/h4-15,34-42,73-75,121H,16-33,43-45H2,1-3H3,(H8-,100,101,102,103,104,105,106,107,108,112,113,114,115,116,117,118,119,120)/p+1. The van der Waals surface area contributed by atoms with Gasteiger partial charge in [0.05, 0.1) is 16.6 Å². The average Bonchev–Trinajstić information content (AvgIpc) is 1.53. The minimum Gasteiger partial charge on any atom is -0.360 e. The van der Waals surface area contributed by atoms with Crippen LogP contribution < -0.4 is 31.9 Å². The number of imide groups is 3. The lowest BCUT2D eigenvalue weighted by Gasteiger charge is -2.55. The van der Waals surface area contributed by atoms with E-state index < -0.39 is 148 Å². The van der Waals surface area contributed by atoms with Crippen LogP contribution in [0, 0.1) is 71.9 Å². The first-order valence-electron chi connectivity index (χ1n) is 41.4. The van der Waals surface area contributed by atoms with Gasteiger partial charge in [-0.3, -0.25) is 28.8 Å². The number of urea groups is 3. The molecule has 35 heteroatoms. The van der Waals surface area contributed by atoms with E-state index in [-0.39, 0.29) is 53.4 Å². The van der Waals surface area contributed by atoms with E-state index in [2.05, 4.69) is 46.9 Å². The zero-order valence-corrected chi connectivity index (χ0v) is 70.9. The molecule has 3 aromatic heterocycles. The van der Waals surface area contributed by atoms with Crippen molar-refractivity contribution in [2.45, 2.75) is 171 Å². The number of amides is 12. The molecule has 21 rings (SSSR count). The lowest BCUT2D eigenvalue weighted by molar-refractivity contribution is -0.166. The Kier molecular flexibility index (Phi) is 21.7. The maximum absolute atomic E-state index is 15.2. The van der Waals surface area contributed by atoms with Crippen molar-refractivity contribution in [2.24, 2.45) is 16.2 Å². The molecule has 3 saturated heterocycles. The van der Waals surface area contributed by atoms with Gasteiger partial charge in [-0.15, -0.1) is 13.6 Å². The van der Waals surface area contributed by atoms with Gasteiger partial charge < -0.3 is 46.9 Å². The molecule has 6 bridgehead atoms. The fourth-order valence-electron chi connectivity index (χ4n) is 20.3. The Morgan fingerprint density at radius 1 is 0.400 bits per heavy atom. The Balaban J connectivity index is 0.580. The predicted molar refractivity (Wildman–Crippen MR) is 452 cm³/mol. The van der Waals surface area contributed by atoms with Crippen molar-refractivity contribution in [2.75, 3.05) is 19.6 Å². The molecule has 9 aromatic rings. The van der Waals surface area contributed by atoms with E-state index in [1.807, 2.05) is 20.8 Å². The van der Waals surface area contributed by atoms with Crippen LogP contribution in [0.5, 0.6) is 0 Å². The summed E-state index contributed by atoms with van der Waals surface area (Å²) in [7, 11) is -4.51. The number of aryl methyl sites for hydroxylation is 3. The molecule has 3 unspecified atom stereocenters. The molecule has 6 aromatic carbocycles. The van der Waals surface area contributed by atoms with Crippen LogP contribution in [0.4, 0.5) is 40.7 Å². The molecule has 0 spiro atoms. The van der Waals surface area contributed by atoms with E-state index in [4.69, 9.17) is 48.4 Å². The summed E-state index contributed by atoms with van der Waals surface area (Å²) in [4.78, 5) is 155. The first-order chi connectivity index (χ1) is 59.6. The third-order valence-corrected chi connectivity index (χ3v) is 31.1. The SMILES string of the molecule is Cc1c(Cl)ccc2c(/C=C3\NC(=O)N(C(C(=O)NCC45CCC(O[P+](O)(OC67CCC(CNC(=O)C(c8ccc(F)c(F)c8)N8C(=O)N/C(=C\c9c[nH]c%10c(C)c(Cl)ccc9%10)C8=O)(CC6)CC7)OC67CCC(CNC(=O)C(c8ccc(F)c(F)c8)N8C(=O)N/C(=C\c9c[nH]c%10c(C)c(Cl)ccc9%10)C8=O)(CC6)CC7)(CC4)CC5)c4ccc(F)c(F)c4)C3=O)c[nH]c12. The normalized spacial score (nSPS) is 26.3. The highest BCUT2D eigenvalue weighted by Crippen LogP contribution is 2.74. The molecule has 6 heterocycles. The molecule has 12 aliphatic rings. The molecule has 9 saturated carbocycles. The van der Waals surface area contributed by atoms with Gasteiger partial charge >= 0.3 is 26.3 Å². The lowest BCUT2D eigenvalue weighted by Crippen LogP contribution is -2.56. The highest BCUT2D eigenvalue weighted by atomic mass is 35.5. The zero-order valence-electron chi connectivity index (χ0n) is 67.7. The zero-order chi connectivity index (χ0) is 87.9. The number of hydrogen-bond acceptors (Lipinski definition) is 13. The van der Waals surface area contributed by atoms with E-state index >= 15 is 13.2 Å². The van der Waals surface area contributed by atoms with E-state index in [1.54, 1.807) is 55.0 Å². The fraction of sp³-hybridized carbons (Fsp3) is 0.367. The minimum absolute atomic E-state index is 0.0193. The number of fused-ring (bicyclic) bond motifs is 12. The quantitative estimate of drug-likeness (QED) is 0.0117. The van der Waals surface area contributed by atoms with Gasteiger partial charge in [-0.25, -0.2) is 55.4 Å². The Bertz CT molecular complexity index is 5570. The smallest absolute Gasteiger partial charge is 0.360 e. The molecule has 650 valence electrons. The van der Waals surface area contributed by atoms with Crippen molar-refractivity contribution in [1.82, 2.24) is 61.6 Å². The number of nitrogens with zero attached hydrogens (tertiary/aromatic N) is 3. The van der Waals surface area contributed by atoms with Gasteiger partial charge in [0, 0.05) is 86.1 Å². The van der Waals surface area contributed by atoms with Gasteiger partial charge in [-0.1, -0.05) is 71.2 Å². The second-order valence-corrected chi connectivity index (χ2v) is 37.9. The number of aromatic nitrogens is 3. The molecule has 12 amide bonds. The van der Waals surface area contributed by atoms with Gasteiger partial charge in [-0.2, -0.15) is 4.89 Å². The number of benzene rings is 6. The van der Waals surface area contributed by atoms with Crippen LogP contribution in [0.2, 0.25) is 15.1 Å². The summed E-state index contributed by atoms with van der Waals surface area (Å²) in [6.07, 6.45) is 16.0. The highest BCUT2D eigenvalue weighted by Gasteiger charge is 2.68. The summed E-state index contributed by atoms with van der Waals surface area (Å²) in [6.45, 7) is 5.50. The maximum atomic E-state index is 15.2. The summed E-state index contributed by atoms with van der Waals surface area (Å²) >= 11 is 19.2. The van der Waals surface area contributed by atoms with Crippen LogP contribution in [0.3, 0.4) is 0 Å². The van der Waals surface area contributed by atoms with Crippen molar-refractivity contribution >= 4 is 147 Å². The van der Waals surface area contributed by atoms with Gasteiger partial charge in [0.25, 0.3) is 17.7 Å². The van der Waals surface area contributed by atoms with Gasteiger partial charge in [0.2, 0.25) is 17.7 Å². The molecular weight excluding hydrogens is 1710 g/mol. The largest absolute Gasteiger partial charge is 0.574 e. The summed E-state index contributed by atoms with van der Waals surface area (Å²) in [5, 5.41) is 20.2. The van der Waals surface area contributed by atoms with Crippen LogP contribution in [0.25, 0.3) is 50.9 Å². The van der Waals surface area contributed by atoms with Crippen LogP contribution in [-0.4, -0.2) is 125 Å². The molecule has 3 atom stereocenters. The molecular formula is C90H85Cl3F6N12O13P+. The maximum Gasteiger partial charge on any atom is 0.574 e. The number of H-pyrrole nitrogens is 3. The first kappa shape index (κ1) is 84.9. The number of aromatic amines is 3. The topological polar surface area (TPSA) is 331 Å². The molecule has 25 nitrogen and oxygen atoms in total. The lowest BCUT2D eigenvalue weighted by atomic mass is 9.58. The summed E-state index contributed by atoms with van der Waals surface area (Å²) in [5.74, 6) is -12.9. The Morgan fingerprint density at radius 2 is 0.648 bits per heavy atom. The van der Waals surface area contributed by atoms with Crippen molar-refractivity contribution in [1.29, 1.82) is 0 Å². The highest BCUT2D eigenvalue weighted by molar-refractivity contribution is 7.55. The van der Waals surface area contributed by atoms with Crippen LogP contribution >= 0.6 is 43.0 Å². The van der Waals surface area contributed by atoms with Crippen molar-refractivity contribution < 1.29 is 88.0 Å². The first-order valence-corrected chi connectivity index (χ1v) is 44.0. The minimum atomic E-state index is -4.51. The number of nitrogens with one attached hydrogen (secondary N) is 9. The fourth-order valence-corrected chi connectivity index (χ4v) is 23.2. The van der Waals surface area contributed by atoms with Crippen molar-refractivity contribution in [3.63, 3.8) is 0 Å². The predicted octanol–water partition coefficient (Wildman–Crippen LogP) is 17.5. The Morgan fingerprint density at radius 3 is 0.888 bits per heavy atom. The number of hydrogen-bond donors (Lipinski definition) is 10.